The third-order valence-electron chi connectivity index (χ3n) is 4.13. The molecule has 2 aromatic carbocycles. The number of fused-ring (bicyclic) bond motifs is 2. The molecule has 0 fully saturated rings. The summed E-state index contributed by atoms with van der Waals surface area (Å²) in [6, 6.07) is 6.99. The van der Waals surface area contributed by atoms with E-state index in [1.807, 2.05) is 0 Å². The van der Waals surface area contributed by atoms with Crippen molar-refractivity contribution in [2.75, 3.05) is 19.0 Å². The van der Waals surface area contributed by atoms with Gasteiger partial charge >= 0.3 is 12.3 Å². The van der Waals surface area contributed by atoms with Gasteiger partial charge in [-0.15, -0.1) is 20.1 Å². The summed E-state index contributed by atoms with van der Waals surface area (Å²) >= 11 is 13.5. The van der Waals surface area contributed by atoms with Crippen molar-refractivity contribution in [2.45, 2.75) is 6.29 Å². The summed E-state index contributed by atoms with van der Waals surface area (Å²) in [6.45, 7) is -0.634. The number of hydrogen-bond acceptors (Lipinski definition) is 7. The second kappa shape index (κ2) is 8.03. The normalized spacial score (nSPS) is 13.8. The Kier molecular flexibility index (Phi) is 5.54. The number of nitrogens with one attached hydrogen (secondary N) is 1. The zero-order valence-electron chi connectivity index (χ0n) is 15.5. The van der Waals surface area contributed by atoms with Gasteiger partial charge in [-0.3, -0.25) is 4.79 Å². The summed E-state index contributed by atoms with van der Waals surface area (Å²) in [5.41, 5.74) is 0.153. The quantitative estimate of drug-likeness (QED) is 0.487. The topological polar surface area (TPSA) is 83.1 Å². The van der Waals surface area contributed by atoms with Crippen molar-refractivity contribution in [3.63, 3.8) is 0 Å². The Morgan fingerprint density at radius 3 is 2.61 bits per heavy atom. The Hall–Kier alpha value is -2.82. The van der Waals surface area contributed by atoms with E-state index in [4.69, 9.17) is 32.7 Å². The van der Waals surface area contributed by atoms with Crippen LogP contribution in [0.2, 0.25) is 10.0 Å². The summed E-state index contributed by atoms with van der Waals surface area (Å²) in [5.74, 6) is -1.49. The first-order valence-electron chi connectivity index (χ1n) is 8.50. The number of carbonyl (C=O) groups is 2. The number of benzene rings is 2. The number of anilines is 1. The zero-order valence-corrected chi connectivity index (χ0v) is 17.8. The molecule has 0 saturated heterocycles. The van der Waals surface area contributed by atoms with Crippen LogP contribution in [0, 0.1) is 0 Å². The number of carbonyl (C=O) groups excluding carboxylic acids is 2. The minimum absolute atomic E-state index is 0.0740. The predicted molar refractivity (Wildman–Crippen MR) is 110 cm³/mol. The van der Waals surface area contributed by atoms with Gasteiger partial charge in [0, 0.05) is 17.1 Å². The van der Waals surface area contributed by atoms with Gasteiger partial charge in [0.1, 0.15) is 15.6 Å². The van der Waals surface area contributed by atoms with Gasteiger partial charge in [0.25, 0.3) is 5.91 Å². The second-order valence-corrected chi connectivity index (χ2v) is 7.93. The standard InChI is InChI=1S/C19H11Cl2F2NO6S/c1-27-11-5-3-9-14(20)17(31-16(9)15(11)21)18(26)28-7-13(25)24-8-2-4-10-12(6-8)30-19(22,23)29-10/h2-6H,7H2,1H3,(H,24,25). The molecule has 12 heteroatoms. The van der Waals surface area contributed by atoms with Gasteiger partial charge < -0.3 is 24.3 Å². The van der Waals surface area contributed by atoms with Crippen molar-refractivity contribution in [3.05, 3.63) is 45.3 Å². The lowest BCUT2D eigenvalue weighted by atomic mass is 10.2. The van der Waals surface area contributed by atoms with Crippen molar-refractivity contribution in [3.8, 4) is 17.2 Å². The van der Waals surface area contributed by atoms with Crippen molar-refractivity contribution >= 4 is 62.2 Å². The first-order chi connectivity index (χ1) is 14.7. The molecule has 3 aromatic rings. The van der Waals surface area contributed by atoms with E-state index in [1.165, 1.54) is 19.2 Å². The molecule has 1 aliphatic rings. The van der Waals surface area contributed by atoms with E-state index in [0.717, 1.165) is 17.4 Å². The molecule has 1 N–H and O–H groups in total. The summed E-state index contributed by atoms with van der Waals surface area (Å²) in [5, 5.41) is 3.40. The van der Waals surface area contributed by atoms with Crippen molar-refractivity contribution in [1.82, 2.24) is 0 Å². The smallest absolute Gasteiger partial charge is 0.495 e. The second-order valence-electron chi connectivity index (χ2n) is 6.16. The van der Waals surface area contributed by atoms with Gasteiger partial charge in [-0.25, -0.2) is 4.79 Å². The third kappa shape index (κ3) is 4.18. The van der Waals surface area contributed by atoms with E-state index in [-0.39, 0.29) is 27.1 Å². The van der Waals surface area contributed by atoms with E-state index < -0.39 is 24.8 Å². The van der Waals surface area contributed by atoms with Gasteiger partial charge in [0.05, 0.1) is 16.8 Å². The fourth-order valence-corrected chi connectivity index (χ4v) is 4.57. The molecule has 1 amide bonds. The predicted octanol–water partition coefficient (Wildman–Crippen LogP) is 5.33. The summed E-state index contributed by atoms with van der Waals surface area (Å²) in [6.07, 6.45) is -3.77. The van der Waals surface area contributed by atoms with Crippen molar-refractivity contribution < 1.29 is 37.3 Å². The number of amides is 1. The van der Waals surface area contributed by atoms with Gasteiger partial charge in [-0.2, -0.15) is 0 Å². The molecule has 0 atom stereocenters. The fraction of sp³-hybridized carbons (Fsp3) is 0.158. The molecule has 162 valence electrons. The summed E-state index contributed by atoms with van der Waals surface area (Å²) < 4.78 is 45.4. The van der Waals surface area contributed by atoms with Crippen LogP contribution in [0.15, 0.2) is 30.3 Å². The van der Waals surface area contributed by atoms with E-state index in [2.05, 4.69) is 14.8 Å². The van der Waals surface area contributed by atoms with Crippen LogP contribution >= 0.6 is 34.5 Å². The van der Waals surface area contributed by atoms with E-state index >= 15 is 0 Å². The third-order valence-corrected chi connectivity index (χ3v) is 6.32. The Labute approximate surface area is 187 Å². The Balaban J connectivity index is 1.42. The molecule has 1 aliphatic heterocycles. The first-order valence-corrected chi connectivity index (χ1v) is 10.1. The minimum atomic E-state index is -3.77. The van der Waals surface area contributed by atoms with Crippen LogP contribution in [0.3, 0.4) is 0 Å². The zero-order chi connectivity index (χ0) is 22.3. The van der Waals surface area contributed by atoms with Gasteiger partial charge in [0.2, 0.25) is 0 Å². The molecule has 31 heavy (non-hydrogen) atoms. The Morgan fingerprint density at radius 1 is 1.13 bits per heavy atom. The number of methoxy groups -OCH3 is 1. The first kappa shape index (κ1) is 21.4. The molecule has 0 bridgehead atoms. The lowest BCUT2D eigenvalue weighted by molar-refractivity contribution is -0.286. The van der Waals surface area contributed by atoms with Crippen LogP contribution < -0.4 is 19.5 Å². The number of thiophene rings is 1. The van der Waals surface area contributed by atoms with E-state index in [9.17, 15) is 18.4 Å². The molecule has 0 spiro atoms. The highest BCUT2D eigenvalue weighted by molar-refractivity contribution is 7.22. The Morgan fingerprint density at radius 2 is 1.87 bits per heavy atom. The average Bonchev–Trinajstić information content (AvgIpc) is 3.22. The fourth-order valence-electron chi connectivity index (χ4n) is 2.79. The van der Waals surface area contributed by atoms with Gasteiger partial charge in [-0.1, -0.05) is 23.2 Å². The molecule has 7 nitrogen and oxygen atoms in total. The molecule has 0 saturated carbocycles. The van der Waals surface area contributed by atoms with Crippen molar-refractivity contribution in [1.29, 1.82) is 0 Å². The van der Waals surface area contributed by atoms with Crippen molar-refractivity contribution in [2.24, 2.45) is 0 Å². The number of hydrogen-bond donors (Lipinski definition) is 1. The van der Waals surface area contributed by atoms with Gasteiger partial charge in [-0.05, 0) is 24.3 Å². The van der Waals surface area contributed by atoms with Crippen LogP contribution in [0.5, 0.6) is 17.2 Å². The van der Waals surface area contributed by atoms with Crippen LogP contribution in [-0.4, -0.2) is 31.9 Å². The molecular formula is C19H11Cl2F2NO6S. The van der Waals surface area contributed by atoms with Crippen LogP contribution in [0.1, 0.15) is 9.67 Å². The monoisotopic (exact) mass is 489 g/mol. The lowest BCUT2D eigenvalue weighted by Crippen LogP contribution is -2.25. The largest absolute Gasteiger partial charge is 0.586 e. The maximum Gasteiger partial charge on any atom is 0.586 e. The highest BCUT2D eigenvalue weighted by atomic mass is 35.5. The molecule has 0 aliphatic carbocycles. The van der Waals surface area contributed by atoms with Crippen LogP contribution in [0.4, 0.5) is 14.5 Å². The molecule has 4 rings (SSSR count). The molecule has 1 aromatic heterocycles. The summed E-state index contributed by atoms with van der Waals surface area (Å²) in [7, 11) is 1.46. The van der Waals surface area contributed by atoms with Crippen LogP contribution in [-0.2, 0) is 9.53 Å². The van der Waals surface area contributed by atoms with Crippen LogP contribution in [0.25, 0.3) is 10.1 Å². The Bertz CT molecular complexity index is 1220. The molecule has 0 unspecified atom stereocenters. The minimum Gasteiger partial charge on any atom is -0.495 e. The molecular weight excluding hydrogens is 479 g/mol. The molecule has 2 heterocycles. The van der Waals surface area contributed by atoms with E-state index in [0.29, 0.717) is 20.9 Å². The number of rotatable bonds is 5. The maximum absolute atomic E-state index is 13.1. The summed E-state index contributed by atoms with van der Waals surface area (Å²) in [4.78, 5) is 24.6. The average molecular weight is 490 g/mol. The number of halogens is 4. The van der Waals surface area contributed by atoms with Gasteiger partial charge in [0.15, 0.2) is 18.1 Å². The number of esters is 1. The SMILES string of the molecule is COc1ccc2c(Cl)c(C(=O)OCC(=O)Nc3ccc4c(c3)OC(F)(F)O4)sc2c1Cl. The number of ether oxygens (including phenoxy) is 4. The highest BCUT2D eigenvalue weighted by Crippen LogP contribution is 2.44. The molecule has 0 radical (unpaired) electrons. The highest BCUT2D eigenvalue weighted by Gasteiger charge is 2.43. The maximum atomic E-state index is 13.1. The van der Waals surface area contributed by atoms with E-state index in [1.54, 1.807) is 12.1 Å². The number of alkyl halides is 2. The lowest BCUT2D eigenvalue weighted by Gasteiger charge is -2.07.